The highest BCUT2D eigenvalue weighted by Gasteiger charge is 2.13. The van der Waals surface area contributed by atoms with Gasteiger partial charge in [-0.1, -0.05) is 60.7 Å². The lowest BCUT2D eigenvalue weighted by Gasteiger charge is -2.13. The van der Waals surface area contributed by atoms with Crippen molar-refractivity contribution in [1.82, 2.24) is 0 Å². The zero-order valence-corrected chi connectivity index (χ0v) is 16.5. The molecule has 2 heterocycles. The highest BCUT2D eigenvalue weighted by molar-refractivity contribution is 7.09. The molecule has 0 aliphatic heterocycles. The van der Waals surface area contributed by atoms with Crippen LogP contribution in [0.25, 0.3) is 64.6 Å². The van der Waals surface area contributed by atoms with Crippen molar-refractivity contribution in [1.29, 1.82) is 0 Å². The molecule has 0 fully saturated rings. The van der Waals surface area contributed by atoms with Crippen LogP contribution < -0.4 is 0 Å². The van der Waals surface area contributed by atoms with Gasteiger partial charge in [0.15, 0.2) is 0 Å². The molecule has 2 aromatic heterocycles. The SMILES string of the molecule is c1cc2ccc3ccc4ccc5ccc6cscc6c5c4c3c2c2cscc12. The van der Waals surface area contributed by atoms with Crippen LogP contribution in [-0.4, -0.2) is 0 Å². The van der Waals surface area contributed by atoms with E-state index >= 15 is 0 Å². The fourth-order valence-electron chi connectivity index (χ4n) is 4.76. The predicted molar refractivity (Wildman–Crippen MR) is 127 cm³/mol. The number of rotatable bonds is 0. The number of thiophene rings is 2. The van der Waals surface area contributed by atoms with E-state index in [0.717, 1.165) is 0 Å². The van der Waals surface area contributed by atoms with Crippen LogP contribution in [0.3, 0.4) is 0 Å². The molecule has 0 unspecified atom stereocenters. The second-order valence-electron chi connectivity index (χ2n) is 7.47. The van der Waals surface area contributed by atoms with E-state index in [2.05, 4.69) is 82.2 Å². The van der Waals surface area contributed by atoms with Gasteiger partial charge in [0.05, 0.1) is 0 Å². The fraction of sp³-hybridized carbons (Fsp3) is 0. The van der Waals surface area contributed by atoms with Crippen molar-refractivity contribution in [3.05, 3.63) is 82.2 Å². The van der Waals surface area contributed by atoms with Crippen LogP contribution in [0.2, 0.25) is 0 Å². The minimum Gasteiger partial charge on any atom is -0.151 e. The summed E-state index contributed by atoms with van der Waals surface area (Å²) < 4.78 is 0. The topological polar surface area (TPSA) is 0 Å². The molecule has 0 saturated carbocycles. The molecule has 5 aromatic carbocycles. The van der Waals surface area contributed by atoms with Crippen LogP contribution in [0.1, 0.15) is 0 Å². The van der Waals surface area contributed by atoms with Gasteiger partial charge >= 0.3 is 0 Å². The van der Waals surface area contributed by atoms with E-state index in [1.165, 1.54) is 64.6 Å². The van der Waals surface area contributed by atoms with Crippen LogP contribution in [0.5, 0.6) is 0 Å². The maximum Gasteiger partial charge on any atom is 0.000830 e. The van der Waals surface area contributed by atoms with Gasteiger partial charge < -0.3 is 0 Å². The lowest BCUT2D eigenvalue weighted by molar-refractivity contribution is 1.84. The van der Waals surface area contributed by atoms with E-state index in [1.807, 2.05) is 0 Å². The van der Waals surface area contributed by atoms with Crippen molar-refractivity contribution >= 4 is 87.3 Å². The third-order valence-electron chi connectivity index (χ3n) is 6.04. The lowest BCUT2D eigenvalue weighted by Crippen LogP contribution is -1.85. The molecule has 130 valence electrons. The Morgan fingerprint density at radius 1 is 0.321 bits per heavy atom. The predicted octanol–water partition coefficient (Wildman–Crippen LogP) is 8.73. The largest absolute Gasteiger partial charge is 0.151 e. The molecule has 2 heteroatoms. The minimum absolute atomic E-state index is 1.32. The molecule has 0 amide bonds. The molecule has 0 radical (unpaired) electrons. The third kappa shape index (κ3) is 1.84. The van der Waals surface area contributed by atoms with Gasteiger partial charge in [-0.2, -0.15) is 22.7 Å². The van der Waals surface area contributed by atoms with Crippen molar-refractivity contribution in [2.75, 3.05) is 0 Å². The second kappa shape index (κ2) is 5.32. The van der Waals surface area contributed by atoms with E-state index in [-0.39, 0.29) is 0 Å². The normalized spacial score (nSPS) is 12.3. The van der Waals surface area contributed by atoms with Gasteiger partial charge in [-0.15, -0.1) is 0 Å². The van der Waals surface area contributed by atoms with Gasteiger partial charge in [0, 0.05) is 10.8 Å². The van der Waals surface area contributed by atoms with Crippen molar-refractivity contribution in [2.24, 2.45) is 0 Å². The molecule has 0 saturated heterocycles. The molecule has 0 bridgehead atoms. The van der Waals surface area contributed by atoms with Crippen molar-refractivity contribution in [2.45, 2.75) is 0 Å². The Hall–Kier alpha value is -2.94. The van der Waals surface area contributed by atoms with Crippen LogP contribution in [0, 0.1) is 0 Å². The molecule has 28 heavy (non-hydrogen) atoms. The summed E-state index contributed by atoms with van der Waals surface area (Å²) in [5.41, 5.74) is 0. The Bertz CT molecular complexity index is 1570. The average molecular weight is 391 g/mol. The van der Waals surface area contributed by atoms with Gasteiger partial charge in [0.1, 0.15) is 0 Å². The first-order valence-corrected chi connectivity index (χ1v) is 11.3. The van der Waals surface area contributed by atoms with Gasteiger partial charge in [0.2, 0.25) is 0 Å². The molecule has 0 N–H and O–H groups in total. The molecule has 0 aliphatic rings. The number of hydrogen-bond donors (Lipinski definition) is 0. The molecule has 0 nitrogen and oxygen atoms in total. The Morgan fingerprint density at radius 2 is 0.643 bits per heavy atom. The average Bonchev–Trinajstić information content (AvgIpc) is 3.41. The first-order valence-electron chi connectivity index (χ1n) is 9.40. The summed E-state index contributed by atoms with van der Waals surface area (Å²) in [6.07, 6.45) is 0. The van der Waals surface area contributed by atoms with E-state index in [1.54, 1.807) is 22.7 Å². The van der Waals surface area contributed by atoms with Gasteiger partial charge in [-0.05, 0) is 75.4 Å². The Labute approximate surface area is 169 Å². The summed E-state index contributed by atoms with van der Waals surface area (Å²) in [4.78, 5) is 0. The summed E-state index contributed by atoms with van der Waals surface area (Å²) in [5, 5.41) is 25.4. The van der Waals surface area contributed by atoms with Crippen molar-refractivity contribution < 1.29 is 0 Å². The number of benzene rings is 5. The van der Waals surface area contributed by atoms with Crippen molar-refractivity contribution in [3.8, 4) is 0 Å². The molecule has 0 aliphatic carbocycles. The summed E-state index contributed by atoms with van der Waals surface area (Å²) in [6.45, 7) is 0. The van der Waals surface area contributed by atoms with Crippen LogP contribution in [0.15, 0.2) is 82.2 Å². The van der Waals surface area contributed by atoms with Crippen LogP contribution >= 0.6 is 22.7 Å². The molecule has 0 atom stereocenters. The van der Waals surface area contributed by atoms with E-state index in [0.29, 0.717) is 0 Å². The highest BCUT2D eigenvalue weighted by atomic mass is 32.1. The quantitative estimate of drug-likeness (QED) is 0.227. The standard InChI is InChI=1S/C26H14S2/c1-3-17-5-6-18-4-2-16-8-10-20-12-28-14-22(20)24(16)26(18)25(17)23-15(1)7-9-19-11-27-13-21(19)23/h1-14H. The maximum atomic E-state index is 2.31. The van der Waals surface area contributed by atoms with Gasteiger partial charge in [-0.25, -0.2) is 0 Å². The molecular formula is C26H14S2. The van der Waals surface area contributed by atoms with Gasteiger partial charge in [-0.3, -0.25) is 0 Å². The Balaban J connectivity index is 1.92. The molecule has 7 aromatic rings. The smallest absolute Gasteiger partial charge is 0.000830 e. The minimum atomic E-state index is 1.32. The summed E-state index contributed by atoms with van der Waals surface area (Å²) in [6, 6.07) is 22.7. The summed E-state index contributed by atoms with van der Waals surface area (Å²) in [5.74, 6) is 0. The first-order chi connectivity index (χ1) is 13.9. The Kier molecular flexibility index (Phi) is 2.85. The molecule has 0 spiro atoms. The van der Waals surface area contributed by atoms with Crippen LogP contribution in [-0.2, 0) is 0 Å². The lowest BCUT2D eigenvalue weighted by atomic mass is 9.90. The number of hydrogen-bond acceptors (Lipinski definition) is 2. The van der Waals surface area contributed by atoms with E-state index in [4.69, 9.17) is 0 Å². The zero-order valence-electron chi connectivity index (χ0n) is 14.9. The van der Waals surface area contributed by atoms with Crippen molar-refractivity contribution in [3.63, 3.8) is 0 Å². The molecule has 7 rings (SSSR count). The summed E-state index contributed by atoms with van der Waals surface area (Å²) >= 11 is 3.58. The molecular weight excluding hydrogens is 376 g/mol. The highest BCUT2D eigenvalue weighted by Crippen LogP contribution is 2.42. The first kappa shape index (κ1) is 15.0. The Morgan fingerprint density at radius 3 is 1.04 bits per heavy atom. The number of fused-ring (bicyclic) bond motifs is 11. The summed E-state index contributed by atoms with van der Waals surface area (Å²) in [7, 11) is 0. The van der Waals surface area contributed by atoms with Gasteiger partial charge in [0.25, 0.3) is 0 Å². The van der Waals surface area contributed by atoms with Crippen LogP contribution in [0.4, 0.5) is 0 Å². The van der Waals surface area contributed by atoms with E-state index < -0.39 is 0 Å². The zero-order chi connectivity index (χ0) is 18.2. The van der Waals surface area contributed by atoms with E-state index in [9.17, 15) is 0 Å². The fourth-order valence-corrected chi connectivity index (χ4v) is 6.38. The third-order valence-corrected chi connectivity index (χ3v) is 7.56. The second-order valence-corrected chi connectivity index (χ2v) is 8.96. The monoisotopic (exact) mass is 390 g/mol. The maximum absolute atomic E-state index is 2.31.